The number of unbranched alkanes of at least 4 members (excludes halogenated alkanes) is 2. The molecule has 0 saturated carbocycles. The van der Waals surface area contributed by atoms with Crippen molar-refractivity contribution in [3.63, 3.8) is 0 Å². The lowest BCUT2D eigenvalue weighted by atomic mass is 10.0. The summed E-state index contributed by atoms with van der Waals surface area (Å²) in [7, 11) is 0. The van der Waals surface area contributed by atoms with Gasteiger partial charge in [0.15, 0.2) is 5.82 Å². The summed E-state index contributed by atoms with van der Waals surface area (Å²) < 4.78 is 40.7. The molecule has 0 fully saturated rings. The van der Waals surface area contributed by atoms with Crippen LogP contribution in [-0.2, 0) is 17.6 Å². The number of amides is 1. The van der Waals surface area contributed by atoms with E-state index < -0.39 is 12.3 Å². The van der Waals surface area contributed by atoms with Gasteiger partial charge in [-0.25, -0.2) is 0 Å². The Balaban J connectivity index is 1.80. The first-order valence-electron chi connectivity index (χ1n) is 9.68. The highest BCUT2D eigenvalue weighted by atomic mass is 19.4. The molecule has 0 spiro atoms. The third-order valence-electron chi connectivity index (χ3n) is 4.20. The molecule has 2 aromatic rings. The lowest BCUT2D eigenvalue weighted by Crippen LogP contribution is -2.18. The number of aryl methyl sites for hydroxylation is 1. The molecule has 1 N–H and O–H groups in total. The highest BCUT2D eigenvalue weighted by Gasteiger charge is 2.31. The van der Waals surface area contributed by atoms with E-state index in [1.807, 2.05) is 6.07 Å². The number of aromatic nitrogens is 2. The molecule has 1 aromatic heterocycles. The average Bonchev–Trinajstić information content (AvgIpc) is 2.61. The van der Waals surface area contributed by atoms with Gasteiger partial charge in [-0.15, -0.1) is 18.3 Å². The highest BCUT2D eigenvalue weighted by molar-refractivity contribution is 5.91. The van der Waals surface area contributed by atoms with Crippen LogP contribution in [0.25, 0.3) is 0 Å². The molecule has 29 heavy (non-hydrogen) atoms. The van der Waals surface area contributed by atoms with Crippen LogP contribution in [0.4, 0.5) is 19.0 Å². The second kappa shape index (κ2) is 10.8. The van der Waals surface area contributed by atoms with Crippen molar-refractivity contribution in [2.24, 2.45) is 5.92 Å². The summed E-state index contributed by atoms with van der Waals surface area (Å²) in [4.78, 5) is 12.1. The minimum atomic E-state index is -4.77. The summed E-state index contributed by atoms with van der Waals surface area (Å²) in [6.45, 7) is 4.43. The number of carbonyl (C=O) groups is 1. The van der Waals surface area contributed by atoms with Gasteiger partial charge in [-0.05, 0) is 48.6 Å². The molecule has 0 aliphatic carbocycles. The Hall–Kier alpha value is -2.64. The van der Waals surface area contributed by atoms with Crippen molar-refractivity contribution in [3.05, 3.63) is 47.7 Å². The van der Waals surface area contributed by atoms with Gasteiger partial charge in [0, 0.05) is 0 Å². The van der Waals surface area contributed by atoms with Gasteiger partial charge in [-0.1, -0.05) is 45.2 Å². The van der Waals surface area contributed by atoms with E-state index in [1.165, 1.54) is 31.0 Å². The molecule has 0 unspecified atom stereocenters. The van der Waals surface area contributed by atoms with Crippen molar-refractivity contribution in [1.29, 1.82) is 0 Å². The maximum atomic E-state index is 12.3. The molecule has 5 nitrogen and oxygen atoms in total. The molecular formula is C21H26F3N3O2. The number of rotatable bonds is 10. The standard InChI is InChI=1S/C21H26F3N3O2/c1-15(2)7-4-3-5-9-17-11-12-19(27-26-17)25-20(28)14-16-8-6-10-18(13-16)29-21(22,23)24/h6,8,10-13,15H,3-5,7,9,14H2,1-2H3,(H,25,27,28). The van der Waals surface area contributed by atoms with Crippen LogP contribution < -0.4 is 10.1 Å². The predicted octanol–water partition coefficient (Wildman–Crippen LogP) is 5.32. The van der Waals surface area contributed by atoms with E-state index in [2.05, 4.69) is 34.1 Å². The summed E-state index contributed by atoms with van der Waals surface area (Å²) in [5.41, 5.74) is 1.26. The van der Waals surface area contributed by atoms with Crippen LogP contribution in [0.5, 0.6) is 5.75 Å². The molecule has 2 rings (SSSR count). The molecule has 0 atom stereocenters. The summed E-state index contributed by atoms with van der Waals surface area (Å²) in [6.07, 6.45) is 0.585. The van der Waals surface area contributed by atoms with Gasteiger partial charge in [-0.2, -0.15) is 5.10 Å². The van der Waals surface area contributed by atoms with Crippen LogP contribution in [0.3, 0.4) is 0 Å². The van der Waals surface area contributed by atoms with Crippen LogP contribution in [0.1, 0.15) is 50.8 Å². The summed E-state index contributed by atoms with van der Waals surface area (Å²) in [5, 5.41) is 10.7. The molecule has 1 amide bonds. The first kappa shape index (κ1) is 22.6. The van der Waals surface area contributed by atoms with E-state index in [0.717, 1.165) is 30.9 Å². The average molecular weight is 409 g/mol. The van der Waals surface area contributed by atoms with Gasteiger partial charge in [0.2, 0.25) is 5.91 Å². The fraction of sp³-hybridized carbons (Fsp3) is 0.476. The topological polar surface area (TPSA) is 64.1 Å². The Kier molecular flexibility index (Phi) is 8.42. The highest BCUT2D eigenvalue weighted by Crippen LogP contribution is 2.23. The van der Waals surface area contributed by atoms with Crippen LogP contribution >= 0.6 is 0 Å². The van der Waals surface area contributed by atoms with Crippen LogP contribution in [-0.4, -0.2) is 22.5 Å². The number of hydrogen-bond acceptors (Lipinski definition) is 4. The van der Waals surface area contributed by atoms with Gasteiger partial charge >= 0.3 is 6.36 Å². The molecule has 158 valence electrons. The summed E-state index contributed by atoms with van der Waals surface area (Å²) in [6, 6.07) is 8.82. The van der Waals surface area contributed by atoms with E-state index in [1.54, 1.807) is 12.1 Å². The molecule has 0 aliphatic rings. The second-order valence-corrected chi connectivity index (χ2v) is 7.32. The zero-order chi connectivity index (χ0) is 21.3. The minimum Gasteiger partial charge on any atom is -0.406 e. The van der Waals surface area contributed by atoms with E-state index in [4.69, 9.17) is 0 Å². The lowest BCUT2D eigenvalue weighted by molar-refractivity contribution is -0.274. The number of nitrogens with one attached hydrogen (secondary N) is 1. The molecule has 0 bridgehead atoms. The van der Waals surface area contributed by atoms with Crippen LogP contribution in [0, 0.1) is 5.92 Å². The molecule has 0 radical (unpaired) electrons. The van der Waals surface area contributed by atoms with Crippen LogP contribution in [0.15, 0.2) is 36.4 Å². The van der Waals surface area contributed by atoms with E-state index in [9.17, 15) is 18.0 Å². The van der Waals surface area contributed by atoms with E-state index in [0.29, 0.717) is 11.4 Å². The lowest BCUT2D eigenvalue weighted by Gasteiger charge is -2.10. The normalized spacial score (nSPS) is 11.5. The number of ether oxygens (including phenoxy) is 1. The summed E-state index contributed by atoms with van der Waals surface area (Å²) in [5.74, 6) is 0.267. The van der Waals surface area contributed by atoms with Gasteiger partial charge in [0.1, 0.15) is 5.75 Å². The Morgan fingerprint density at radius 2 is 1.90 bits per heavy atom. The van der Waals surface area contributed by atoms with Gasteiger partial charge in [0.05, 0.1) is 12.1 Å². The monoisotopic (exact) mass is 409 g/mol. The maximum Gasteiger partial charge on any atom is 0.573 e. The number of halogens is 3. The van der Waals surface area contributed by atoms with E-state index in [-0.39, 0.29) is 12.2 Å². The van der Waals surface area contributed by atoms with Crippen molar-refractivity contribution >= 4 is 11.7 Å². The number of carbonyl (C=O) groups excluding carboxylic acids is 1. The van der Waals surface area contributed by atoms with Crippen molar-refractivity contribution in [1.82, 2.24) is 10.2 Å². The van der Waals surface area contributed by atoms with Gasteiger partial charge in [0.25, 0.3) is 0 Å². The van der Waals surface area contributed by atoms with Crippen molar-refractivity contribution in [2.45, 2.75) is 58.7 Å². The van der Waals surface area contributed by atoms with Crippen LogP contribution in [0.2, 0.25) is 0 Å². The Bertz CT molecular complexity index is 777. The number of hydrogen-bond donors (Lipinski definition) is 1. The summed E-state index contributed by atoms with van der Waals surface area (Å²) >= 11 is 0. The quantitative estimate of drug-likeness (QED) is 0.540. The van der Waals surface area contributed by atoms with E-state index >= 15 is 0 Å². The Morgan fingerprint density at radius 3 is 2.55 bits per heavy atom. The zero-order valence-corrected chi connectivity index (χ0v) is 16.6. The fourth-order valence-corrected chi connectivity index (χ4v) is 2.82. The molecular weight excluding hydrogens is 383 g/mol. The Morgan fingerprint density at radius 1 is 1.10 bits per heavy atom. The van der Waals surface area contributed by atoms with Crippen molar-refractivity contribution < 1.29 is 22.7 Å². The number of alkyl halides is 3. The first-order chi connectivity index (χ1) is 13.7. The second-order valence-electron chi connectivity index (χ2n) is 7.32. The first-order valence-corrected chi connectivity index (χ1v) is 9.68. The number of benzene rings is 1. The van der Waals surface area contributed by atoms with Crippen molar-refractivity contribution in [3.8, 4) is 5.75 Å². The third kappa shape index (κ3) is 9.40. The van der Waals surface area contributed by atoms with Gasteiger partial charge in [-0.3, -0.25) is 4.79 Å². The predicted molar refractivity (Wildman–Crippen MR) is 105 cm³/mol. The third-order valence-corrected chi connectivity index (χ3v) is 4.20. The minimum absolute atomic E-state index is 0.103. The number of anilines is 1. The Labute approximate surface area is 168 Å². The maximum absolute atomic E-state index is 12.3. The number of nitrogens with zero attached hydrogens (tertiary/aromatic N) is 2. The van der Waals surface area contributed by atoms with Crippen molar-refractivity contribution in [2.75, 3.05) is 5.32 Å². The smallest absolute Gasteiger partial charge is 0.406 e. The molecule has 0 saturated heterocycles. The molecule has 1 heterocycles. The molecule has 8 heteroatoms. The SMILES string of the molecule is CC(C)CCCCCc1ccc(NC(=O)Cc2cccc(OC(F)(F)F)c2)nn1. The zero-order valence-electron chi connectivity index (χ0n) is 16.6. The fourth-order valence-electron chi connectivity index (χ4n) is 2.82. The largest absolute Gasteiger partial charge is 0.573 e. The van der Waals surface area contributed by atoms with Gasteiger partial charge < -0.3 is 10.1 Å². The molecule has 1 aromatic carbocycles. The molecule has 0 aliphatic heterocycles.